The summed E-state index contributed by atoms with van der Waals surface area (Å²) < 4.78 is 0. The summed E-state index contributed by atoms with van der Waals surface area (Å²) >= 11 is 0. The van der Waals surface area contributed by atoms with E-state index >= 15 is 0 Å². The van der Waals surface area contributed by atoms with Gasteiger partial charge in [-0.1, -0.05) is 48.6 Å². The summed E-state index contributed by atoms with van der Waals surface area (Å²) in [4.78, 5) is 0. The molecule has 1 rings (SSSR count). The van der Waals surface area contributed by atoms with E-state index in [2.05, 4.69) is 48.6 Å². The molecule has 14 heavy (non-hydrogen) atoms. The van der Waals surface area contributed by atoms with Gasteiger partial charge >= 0.3 is 0 Å². The molecule has 0 spiro atoms. The van der Waals surface area contributed by atoms with Gasteiger partial charge in [-0.15, -0.1) is 0 Å². The molecule has 0 aromatic heterocycles. The summed E-state index contributed by atoms with van der Waals surface area (Å²) in [6, 6.07) is 0. The third-order valence-corrected chi connectivity index (χ3v) is 2.23. The normalized spacial score (nSPS) is 26.3. The Labute approximate surface area is 87.7 Å². The second-order valence-electron chi connectivity index (χ2n) is 3.54. The van der Waals surface area contributed by atoms with E-state index in [9.17, 15) is 0 Å². The maximum Gasteiger partial charge on any atom is -0.0166 e. The standard InChI is InChI=1S/C14H20/c1-2-4-6-8-10-12-14-13-11-9-7-5-3-1/h1-4,7,9-10,12H,5-6,8,11,13-14H2/b3-1-,4-2?,9-7-,12-10+. The first-order valence-electron chi connectivity index (χ1n) is 5.62. The van der Waals surface area contributed by atoms with Crippen molar-refractivity contribution in [2.75, 3.05) is 0 Å². The molecule has 0 N–H and O–H groups in total. The molecule has 0 atom stereocenters. The van der Waals surface area contributed by atoms with Crippen LogP contribution in [0.25, 0.3) is 0 Å². The van der Waals surface area contributed by atoms with Crippen molar-refractivity contribution in [2.45, 2.75) is 38.5 Å². The molecule has 0 radical (unpaired) electrons. The number of rotatable bonds is 0. The highest BCUT2D eigenvalue weighted by atomic mass is 13.9. The summed E-state index contributed by atoms with van der Waals surface area (Å²) in [5.41, 5.74) is 0. The predicted octanol–water partition coefficient (Wildman–Crippen LogP) is 4.57. The Morgan fingerprint density at radius 1 is 0.500 bits per heavy atom. The highest BCUT2D eigenvalue weighted by molar-refractivity contribution is 5.05. The summed E-state index contributed by atoms with van der Waals surface area (Å²) in [6.45, 7) is 0. The molecule has 0 saturated carbocycles. The van der Waals surface area contributed by atoms with Gasteiger partial charge in [0.2, 0.25) is 0 Å². The van der Waals surface area contributed by atoms with Gasteiger partial charge < -0.3 is 0 Å². The third kappa shape index (κ3) is 6.47. The van der Waals surface area contributed by atoms with Crippen molar-refractivity contribution in [3.8, 4) is 0 Å². The van der Waals surface area contributed by atoms with Crippen LogP contribution in [0.2, 0.25) is 0 Å². The van der Waals surface area contributed by atoms with E-state index in [1.54, 1.807) is 0 Å². The lowest BCUT2D eigenvalue weighted by molar-refractivity contribution is 0.860. The molecule has 1 aliphatic carbocycles. The molecule has 0 aromatic carbocycles. The van der Waals surface area contributed by atoms with E-state index in [0.717, 1.165) is 12.8 Å². The molecule has 0 nitrogen and oxygen atoms in total. The molecule has 0 aliphatic heterocycles. The fourth-order valence-corrected chi connectivity index (χ4v) is 1.41. The Bertz CT molecular complexity index is 228. The molecular formula is C14H20. The van der Waals surface area contributed by atoms with Gasteiger partial charge in [0.25, 0.3) is 0 Å². The summed E-state index contributed by atoms with van der Waals surface area (Å²) in [7, 11) is 0. The van der Waals surface area contributed by atoms with E-state index in [1.165, 1.54) is 25.7 Å². The maximum absolute atomic E-state index is 2.31. The van der Waals surface area contributed by atoms with E-state index < -0.39 is 0 Å². The molecule has 0 saturated heterocycles. The van der Waals surface area contributed by atoms with Crippen LogP contribution >= 0.6 is 0 Å². The molecule has 0 heterocycles. The van der Waals surface area contributed by atoms with Gasteiger partial charge in [-0.05, 0) is 38.5 Å². The summed E-state index contributed by atoms with van der Waals surface area (Å²) in [5, 5.41) is 0. The average molecular weight is 188 g/mol. The Kier molecular flexibility index (Phi) is 6.74. The minimum absolute atomic E-state index is 1.07. The van der Waals surface area contributed by atoms with Crippen molar-refractivity contribution in [1.29, 1.82) is 0 Å². The van der Waals surface area contributed by atoms with Crippen LogP contribution in [-0.2, 0) is 0 Å². The van der Waals surface area contributed by atoms with E-state index in [-0.39, 0.29) is 0 Å². The lowest BCUT2D eigenvalue weighted by Crippen LogP contribution is -1.71. The molecule has 0 bridgehead atoms. The van der Waals surface area contributed by atoms with Gasteiger partial charge in [0.1, 0.15) is 0 Å². The average Bonchev–Trinajstić information content (AvgIpc) is 2.22. The lowest BCUT2D eigenvalue weighted by Gasteiger charge is -1.91. The van der Waals surface area contributed by atoms with Crippen molar-refractivity contribution in [3.05, 3.63) is 48.6 Å². The van der Waals surface area contributed by atoms with Gasteiger partial charge in [0, 0.05) is 0 Å². The highest BCUT2D eigenvalue weighted by Gasteiger charge is 1.82. The summed E-state index contributed by atoms with van der Waals surface area (Å²) in [5.74, 6) is 0. The molecule has 76 valence electrons. The molecule has 0 unspecified atom stereocenters. The first kappa shape index (κ1) is 11.0. The Morgan fingerprint density at radius 2 is 1.14 bits per heavy atom. The number of hydrogen-bond donors (Lipinski definition) is 0. The van der Waals surface area contributed by atoms with Crippen LogP contribution in [0.5, 0.6) is 0 Å². The van der Waals surface area contributed by atoms with Gasteiger partial charge in [0.05, 0.1) is 0 Å². The molecule has 0 amide bonds. The first-order chi connectivity index (χ1) is 7.00. The van der Waals surface area contributed by atoms with Gasteiger partial charge in [0.15, 0.2) is 0 Å². The van der Waals surface area contributed by atoms with Crippen LogP contribution < -0.4 is 0 Å². The van der Waals surface area contributed by atoms with Crippen LogP contribution in [0.15, 0.2) is 48.6 Å². The zero-order valence-electron chi connectivity index (χ0n) is 8.86. The topological polar surface area (TPSA) is 0 Å². The Hall–Kier alpha value is -1.04. The SMILES string of the molecule is C1=CCC/C=C/CCC/C=C\C/C=C\1. The second-order valence-corrected chi connectivity index (χ2v) is 3.54. The van der Waals surface area contributed by atoms with Crippen LogP contribution in [0.4, 0.5) is 0 Å². The van der Waals surface area contributed by atoms with Crippen molar-refractivity contribution in [3.63, 3.8) is 0 Å². The fraction of sp³-hybridized carbons (Fsp3) is 0.429. The lowest BCUT2D eigenvalue weighted by atomic mass is 10.2. The molecule has 0 fully saturated rings. The molecule has 0 heteroatoms. The predicted molar refractivity (Wildman–Crippen MR) is 64.3 cm³/mol. The fourth-order valence-electron chi connectivity index (χ4n) is 1.41. The van der Waals surface area contributed by atoms with Gasteiger partial charge in [-0.2, -0.15) is 0 Å². The quantitative estimate of drug-likeness (QED) is 0.489. The van der Waals surface area contributed by atoms with Crippen molar-refractivity contribution < 1.29 is 0 Å². The molecule has 1 aliphatic rings. The first-order valence-corrected chi connectivity index (χ1v) is 5.62. The second kappa shape index (κ2) is 8.55. The number of hydrogen-bond acceptors (Lipinski definition) is 0. The van der Waals surface area contributed by atoms with E-state index in [4.69, 9.17) is 0 Å². The zero-order chi connectivity index (χ0) is 9.90. The van der Waals surface area contributed by atoms with Crippen LogP contribution in [0, 0.1) is 0 Å². The number of allylic oxidation sites excluding steroid dienone is 8. The van der Waals surface area contributed by atoms with E-state index in [0.29, 0.717) is 0 Å². The van der Waals surface area contributed by atoms with Gasteiger partial charge in [-0.25, -0.2) is 0 Å². The molecular weight excluding hydrogens is 168 g/mol. The Morgan fingerprint density at radius 3 is 2.07 bits per heavy atom. The highest BCUT2D eigenvalue weighted by Crippen LogP contribution is 2.02. The van der Waals surface area contributed by atoms with E-state index in [1.807, 2.05) is 0 Å². The molecule has 0 aromatic rings. The zero-order valence-corrected chi connectivity index (χ0v) is 8.86. The third-order valence-electron chi connectivity index (χ3n) is 2.23. The van der Waals surface area contributed by atoms with Crippen LogP contribution in [0.3, 0.4) is 0 Å². The largest absolute Gasteiger partial charge is 0.0885 e. The Balaban J connectivity index is 2.35. The van der Waals surface area contributed by atoms with Gasteiger partial charge in [-0.3, -0.25) is 0 Å². The van der Waals surface area contributed by atoms with Crippen molar-refractivity contribution >= 4 is 0 Å². The van der Waals surface area contributed by atoms with Crippen LogP contribution in [-0.4, -0.2) is 0 Å². The minimum atomic E-state index is 1.07. The smallest absolute Gasteiger partial charge is 0.0166 e. The summed E-state index contributed by atoms with van der Waals surface area (Å²) in [6.07, 6.45) is 25.0. The van der Waals surface area contributed by atoms with Crippen molar-refractivity contribution in [1.82, 2.24) is 0 Å². The van der Waals surface area contributed by atoms with Crippen molar-refractivity contribution in [2.24, 2.45) is 0 Å². The minimum Gasteiger partial charge on any atom is -0.0885 e. The monoisotopic (exact) mass is 188 g/mol. The maximum atomic E-state index is 2.31. The van der Waals surface area contributed by atoms with Crippen LogP contribution in [0.1, 0.15) is 38.5 Å².